The molecule has 1 heterocycles. The molecule has 20 heavy (non-hydrogen) atoms. The smallest absolute Gasteiger partial charge is 0.249 e. The van der Waals surface area contributed by atoms with Crippen LogP contribution in [0.3, 0.4) is 0 Å². The molecule has 5 nitrogen and oxygen atoms in total. The number of nitrogens with zero attached hydrogens (tertiary/aromatic N) is 3. The SMILES string of the molecule is Fc1ccccc1Nc1nncc(NC2CCCC2)n1. The molecule has 0 bridgehead atoms. The van der Waals surface area contributed by atoms with Gasteiger partial charge < -0.3 is 10.6 Å². The highest BCUT2D eigenvalue weighted by Crippen LogP contribution is 2.22. The van der Waals surface area contributed by atoms with E-state index in [2.05, 4.69) is 25.8 Å². The molecular weight excluding hydrogens is 257 g/mol. The van der Waals surface area contributed by atoms with Crippen LogP contribution in [0, 0.1) is 5.82 Å². The van der Waals surface area contributed by atoms with Gasteiger partial charge in [0.25, 0.3) is 0 Å². The molecule has 0 unspecified atom stereocenters. The van der Waals surface area contributed by atoms with Crippen LogP contribution in [-0.2, 0) is 0 Å². The number of benzene rings is 1. The predicted molar refractivity (Wildman–Crippen MR) is 75.4 cm³/mol. The second kappa shape index (κ2) is 5.81. The molecule has 0 saturated heterocycles. The lowest BCUT2D eigenvalue weighted by molar-refractivity contribution is 0.631. The van der Waals surface area contributed by atoms with Crippen molar-refractivity contribution in [3.63, 3.8) is 0 Å². The van der Waals surface area contributed by atoms with Crippen molar-refractivity contribution in [2.45, 2.75) is 31.7 Å². The number of aromatic nitrogens is 3. The minimum Gasteiger partial charge on any atom is -0.366 e. The molecule has 2 N–H and O–H groups in total. The fraction of sp³-hybridized carbons (Fsp3) is 0.357. The molecule has 1 aliphatic rings. The van der Waals surface area contributed by atoms with E-state index >= 15 is 0 Å². The Labute approximate surface area is 116 Å². The van der Waals surface area contributed by atoms with Crippen LogP contribution in [0.25, 0.3) is 0 Å². The maximum absolute atomic E-state index is 13.5. The molecule has 0 aliphatic heterocycles. The molecule has 0 amide bonds. The van der Waals surface area contributed by atoms with E-state index in [9.17, 15) is 4.39 Å². The zero-order valence-corrected chi connectivity index (χ0v) is 11.0. The average Bonchev–Trinajstić information content (AvgIpc) is 2.95. The third-order valence-electron chi connectivity index (χ3n) is 3.39. The van der Waals surface area contributed by atoms with Crippen molar-refractivity contribution in [2.75, 3.05) is 10.6 Å². The molecule has 1 saturated carbocycles. The molecule has 6 heteroatoms. The van der Waals surface area contributed by atoms with Crippen LogP contribution in [0.2, 0.25) is 0 Å². The van der Waals surface area contributed by atoms with Gasteiger partial charge in [-0.05, 0) is 25.0 Å². The van der Waals surface area contributed by atoms with Crippen molar-refractivity contribution in [2.24, 2.45) is 0 Å². The molecule has 0 radical (unpaired) electrons. The second-order valence-electron chi connectivity index (χ2n) is 4.90. The molecule has 2 aromatic rings. The van der Waals surface area contributed by atoms with E-state index in [1.807, 2.05) is 0 Å². The molecule has 1 aliphatic carbocycles. The fourth-order valence-corrected chi connectivity index (χ4v) is 2.39. The Kier molecular flexibility index (Phi) is 3.71. The molecule has 0 atom stereocenters. The number of nitrogens with one attached hydrogen (secondary N) is 2. The summed E-state index contributed by atoms with van der Waals surface area (Å²) in [4.78, 5) is 4.31. The lowest BCUT2D eigenvalue weighted by Gasteiger charge is -2.12. The van der Waals surface area contributed by atoms with Gasteiger partial charge in [-0.2, -0.15) is 10.1 Å². The van der Waals surface area contributed by atoms with Crippen LogP contribution >= 0.6 is 0 Å². The van der Waals surface area contributed by atoms with Crippen molar-refractivity contribution in [1.29, 1.82) is 0 Å². The first kappa shape index (κ1) is 12.8. The Hall–Kier alpha value is -2.24. The van der Waals surface area contributed by atoms with E-state index in [1.165, 1.54) is 18.9 Å². The third-order valence-corrected chi connectivity index (χ3v) is 3.39. The summed E-state index contributed by atoms with van der Waals surface area (Å²) < 4.78 is 13.5. The Morgan fingerprint density at radius 2 is 1.95 bits per heavy atom. The summed E-state index contributed by atoms with van der Waals surface area (Å²) in [5.74, 6) is 0.620. The minimum absolute atomic E-state index is 0.290. The van der Waals surface area contributed by atoms with Gasteiger partial charge in [0.2, 0.25) is 5.95 Å². The first-order valence-corrected chi connectivity index (χ1v) is 6.79. The molecule has 3 rings (SSSR count). The van der Waals surface area contributed by atoms with Crippen LogP contribution in [0.5, 0.6) is 0 Å². The quantitative estimate of drug-likeness (QED) is 0.896. The van der Waals surface area contributed by atoms with Crippen LogP contribution < -0.4 is 10.6 Å². The highest BCUT2D eigenvalue weighted by atomic mass is 19.1. The molecule has 1 fully saturated rings. The summed E-state index contributed by atoms with van der Waals surface area (Å²) >= 11 is 0. The summed E-state index contributed by atoms with van der Waals surface area (Å²) in [6.07, 6.45) is 6.39. The second-order valence-corrected chi connectivity index (χ2v) is 4.90. The normalized spacial score (nSPS) is 15.2. The van der Waals surface area contributed by atoms with Crippen LogP contribution in [0.15, 0.2) is 30.5 Å². The van der Waals surface area contributed by atoms with Gasteiger partial charge in [-0.3, -0.25) is 0 Å². The monoisotopic (exact) mass is 273 g/mol. The number of para-hydroxylation sites is 1. The molecule has 0 spiro atoms. The van der Waals surface area contributed by atoms with Gasteiger partial charge in [0.05, 0.1) is 11.9 Å². The van der Waals surface area contributed by atoms with Crippen molar-refractivity contribution >= 4 is 17.5 Å². The lowest BCUT2D eigenvalue weighted by atomic mass is 10.2. The lowest BCUT2D eigenvalue weighted by Crippen LogP contribution is -2.16. The largest absolute Gasteiger partial charge is 0.366 e. The van der Waals surface area contributed by atoms with E-state index in [-0.39, 0.29) is 11.8 Å². The number of hydrogen-bond donors (Lipinski definition) is 2. The van der Waals surface area contributed by atoms with E-state index in [1.54, 1.807) is 24.4 Å². The van der Waals surface area contributed by atoms with Gasteiger partial charge in [-0.25, -0.2) is 4.39 Å². The number of anilines is 3. The summed E-state index contributed by atoms with van der Waals surface area (Å²) in [7, 11) is 0. The first-order chi connectivity index (χ1) is 9.81. The third kappa shape index (κ3) is 3.01. The van der Waals surface area contributed by atoms with Gasteiger partial charge >= 0.3 is 0 Å². The van der Waals surface area contributed by atoms with Gasteiger partial charge in [0.15, 0.2) is 5.82 Å². The Morgan fingerprint density at radius 3 is 2.75 bits per heavy atom. The Bertz CT molecular complexity index is 583. The first-order valence-electron chi connectivity index (χ1n) is 6.79. The highest BCUT2D eigenvalue weighted by molar-refractivity contribution is 5.54. The van der Waals surface area contributed by atoms with Gasteiger partial charge in [-0.15, -0.1) is 5.10 Å². The summed E-state index contributed by atoms with van der Waals surface area (Å²) in [6, 6.07) is 6.86. The molecule has 104 valence electrons. The van der Waals surface area contributed by atoms with Crippen LogP contribution in [-0.4, -0.2) is 21.2 Å². The van der Waals surface area contributed by atoms with Crippen LogP contribution in [0.1, 0.15) is 25.7 Å². The van der Waals surface area contributed by atoms with Crippen molar-refractivity contribution in [3.05, 3.63) is 36.3 Å². The van der Waals surface area contributed by atoms with E-state index < -0.39 is 0 Å². The highest BCUT2D eigenvalue weighted by Gasteiger charge is 2.15. The van der Waals surface area contributed by atoms with E-state index in [0.29, 0.717) is 17.5 Å². The zero-order valence-electron chi connectivity index (χ0n) is 11.0. The van der Waals surface area contributed by atoms with Crippen molar-refractivity contribution < 1.29 is 4.39 Å². The number of halogens is 1. The van der Waals surface area contributed by atoms with Gasteiger partial charge in [-0.1, -0.05) is 25.0 Å². The standard InChI is InChI=1S/C14H16FN5/c15-11-7-3-4-8-12(11)18-14-19-13(9-16-20-14)17-10-5-1-2-6-10/h3-4,7-10H,1-2,5-6H2,(H2,17,18,19,20). The topological polar surface area (TPSA) is 62.7 Å². The molecular formula is C14H16FN5. The maximum atomic E-state index is 13.5. The zero-order chi connectivity index (χ0) is 13.8. The van der Waals surface area contributed by atoms with Gasteiger partial charge in [0.1, 0.15) is 5.82 Å². The average molecular weight is 273 g/mol. The predicted octanol–water partition coefficient (Wildman–Crippen LogP) is 3.11. The summed E-state index contributed by atoms with van der Waals surface area (Å²) in [5.41, 5.74) is 0.340. The summed E-state index contributed by atoms with van der Waals surface area (Å²) in [6.45, 7) is 0. The minimum atomic E-state index is -0.342. The number of hydrogen-bond acceptors (Lipinski definition) is 5. The van der Waals surface area contributed by atoms with Crippen molar-refractivity contribution in [1.82, 2.24) is 15.2 Å². The fourth-order valence-electron chi connectivity index (χ4n) is 2.39. The number of rotatable bonds is 4. The maximum Gasteiger partial charge on any atom is 0.249 e. The van der Waals surface area contributed by atoms with Crippen LogP contribution in [0.4, 0.5) is 21.8 Å². The Morgan fingerprint density at radius 1 is 1.15 bits per heavy atom. The van der Waals surface area contributed by atoms with E-state index in [0.717, 1.165) is 12.8 Å². The Balaban J connectivity index is 1.72. The summed E-state index contributed by atoms with van der Waals surface area (Å²) in [5, 5.41) is 13.9. The molecule has 1 aromatic carbocycles. The van der Waals surface area contributed by atoms with Crippen molar-refractivity contribution in [3.8, 4) is 0 Å². The van der Waals surface area contributed by atoms with E-state index in [4.69, 9.17) is 0 Å². The van der Waals surface area contributed by atoms with Gasteiger partial charge in [0, 0.05) is 6.04 Å². The molecule has 1 aromatic heterocycles.